The van der Waals surface area contributed by atoms with E-state index in [2.05, 4.69) is 4.98 Å². The third-order valence-electron chi connectivity index (χ3n) is 2.98. The van der Waals surface area contributed by atoms with Crippen molar-refractivity contribution in [3.63, 3.8) is 0 Å². The maximum absolute atomic E-state index is 13.9. The lowest BCUT2D eigenvalue weighted by molar-refractivity contribution is -0.390. The molecule has 1 aromatic heterocycles. The van der Waals surface area contributed by atoms with Crippen molar-refractivity contribution in [1.82, 2.24) is 0 Å². The van der Waals surface area contributed by atoms with Crippen LogP contribution in [0.5, 0.6) is 0 Å². The van der Waals surface area contributed by atoms with Crippen LogP contribution in [0.1, 0.15) is 11.1 Å². The summed E-state index contributed by atoms with van der Waals surface area (Å²) in [7, 11) is 0. The smallest absolute Gasteiger partial charge is 0.238 e. The Morgan fingerprint density at radius 2 is 2.00 bits per heavy atom. The molecule has 1 saturated heterocycles. The molecule has 0 spiro atoms. The van der Waals surface area contributed by atoms with Crippen molar-refractivity contribution in [2.24, 2.45) is 0 Å². The summed E-state index contributed by atoms with van der Waals surface area (Å²) in [5.41, 5.74) is 1.22. The molecule has 2 aromatic rings. The van der Waals surface area contributed by atoms with Crippen LogP contribution in [-0.2, 0) is 4.79 Å². The van der Waals surface area contributed by atoms with Gasteiger partial charge in [-0.15, -0.1) is 11.8 Å². The first-order valence-corrected chi connectivity index (χ1v) is 6.97. The molecule has 1 atom stereocenters. The standard InChI is InChI=1S/C14H11FN2OS/c15-10-5-1-2-7-12(10)17-13(18)9-19-14(17)11-6-3-4-8-16-11/h1-8,14H,9H2/p+1. The number of hydrogen-bond donors (Lipinski definition) is 0. The molecule has 2 heterocycles. The predicted molar refractivity (Wildman–Crippen MR) is 72.1 cm³/mol. The predicted octanol–water partition coefficient (Wildman–Crippen LogP) is 2.42. The number of pyridine rings is 1. The minimum Gasteiger partial charge on any atom is -0.286 e. The van der Waals surface area contributed by atoms with E-state index in [0.717, 1.165) is 5.69 Å². The Hall–Kier alpha value is -1.88. The van der Waals surface area contributed by atoms with Gasteiger partial charge in [-0.2, -0.15) is 0 Å². The fraction of sp³-hybridized carbons (Fsp3) is 0.143. The largest absolute Gasteiger partial charge is 0.286 e. The van der Waals surface area contributed by atoms with Crippen molar-refractivity contribution in [2.75, 3.05) is 10.7 Å². The van der Waals surface area contributed by atoms with Crippen molar-refractivity contribution in [2.45, 2.75) is 5.37 Å². The van der Waals surface area contributed by atoms with E-state index in [-0.39, 0.29) is 17.1 Å². The summed E-state index contributed by atoms with van der Waals surface area (Å²) in [6.45, 7) is 0. The maximum Gasteiger partial charge on any atom is 0.238 e. The molecule has 1 fully saturated rings. The van der Waals surface area contributed by atoms with Crippen LogP contribution in [0.4, 0.5) is 10.1 Å². The van der Waals surface area contributed by atoms with Gasteiger partial charge in [0.1, 0.15) is 5.82 Å². The molecular weight excluding hydrogens is 263 g/mol. The fourth-order valence-electron chi connectivity index (χ4n) is 2.12. The van der Waals surface area contributed by atoms with Crippen LogP contribution >= 0.6 is 11.8 Å². The highest BCUT2D eigenvalue weighted by atomic mass is 32.2. The van der Waals surface area contributed by atoms with E-state index in [1.807, 2.05) is 18.2 Å². The van der Waals surface area contributed by atoms with Gasteiger partial charge in [-0.25, -0.2) is 9.37 Å². The van der Waals surface area contributed by atoms with E-state index in [4.69, 9.17) is 0 Å². The number of hydrogen-bond acceptors (Lipinski definition) is 2. The second kappa shape index (κ2) is 5.01. The number of anilines is 1. The van der Waals surface area contributed by atoms with Gasteiger partial charge < -0.3 is 0 Å². The lowest BCUT2D eigenvalue weighted by Crippen LogP contribution is -2.31. The fourth-order valence-corrected chi connectivity index (χ4v) is 3.27. The van der Waals surface area contributed by atoms with Crippen molar-refractivity contribution in [3.05, 3.63) is 60.2 Å². The Balaban J connectivity index is 2.03. The van der Waals surface area contributed by atoms with Crippen molar-refractivity contribution in [1.29, 1.82) is 0 Å². The summed E-state index contributed by atoms with van der Waals surface area (Å²) in [5, 5.41) is -0.203. The molecule has 5 heteroatoms. The number of thioether (sulfide) groups is 1. The van der Waals surface area contributed by atoms with Crippen LogP contribution < -0.4 is 9.88 Å². The summed E-state index contributed by atoms with van der Waals surface area (Å²) in [4.78, 5) is 16.7. The van der Waals surface area contributed by atoms with E-state index in [9.17, 15) is 9.18 Å². The Labute approximate surface area is 114 Å². The number of nitrogens with one attached hydrogen (secondary N) is 1. The number of aromatic nitrogens is 1. The number of para-hydroxylation sites is 1. The molecule has 1 aliphatic rings. The zero-order valence-corrected chi connectivity index (χ0v) is 10.9. The van der Waals surface area contributed by atoms with Crippen molar-refractivity contribution in [3.8, 4) is 0 Å². The molecule has 1 amide bonds. The van der Waals surface area contributed by atoms with Gasteiger partial charge in [-0.1, -0.05) is 12.1 Å². The van der Waals surface area contributed by atoms with E-state index < -0.39 is 0 Å². The summed E-state index contributed by atoms with van der Waals surface area (Å²) >= 11 is 1.49. The molecule has 1 aromatic carbocycles. The molecular formula is C14H12FN2OS+. The van der Waals surface area contributed by atoms with E-state index in [1.54, 1.807) is 24.4 Å². The van der Waals surface area contributed by atoms with Gasteiger partial charge >= 0.3 is 0 Å². The highest BCUT2D eigenvalue weighted by Crippen LogP contribution is 2.40. The van der Waals surface area contributed by atoms with Crippen LogP contribution in [0.2, 0.25) is 0 Å². The Morgan fingerprint density at radius 3 is 2.74 bits per heavy atom. The highest BCUT2D eigenvalue weighted by Gasteiger charge is 2.38. The van der Waals surface area contributed by atoms with Crippen LogP contribution in [0.25, 0.3) is 0 Å². The molecule has 1 aliphatic heterocycles. The number of aromatic amines is 1. The van der Waals surface area contributed by atoms with Gasteiger partial charge in [-0.05, 0) is 18.2 Å². The zero-order valence-electron chi connectivity index (χ0n) is 10.0. The second-order valence-corrected chi connectivity index (χ2v) is 5.26. The van der Waals surface area contributed by atoms with Crippen LogP contribution in [-0.4, -0.2) is 11.7 Å². The van der Waals surface area contributed by atoms with E-state index in [1.165, 1.54) is 22.7 Å². The minimum atomic E-state index is -0.376. The second-order valence-electron chi connectivity index (χ2n) is 4.20. The van der Waals surface area contributed by atoms with E-state index in [0.29, 0.717) is 11.4 Å². The number of amides is 1. The molecule has 96 valence electrons. The molecule has 3 nitrogen and oxygen atoms in total. The number of nitrogens with zero attached hydrogens (tertiary/aromatic N) is 1. The van der Waals surface area contributed by atoms with Gasteiger partial charge in [0, 0.05) is 12.1 Å². The Kier molecular flexibility index (Phi) is 3.21. The summed E-state index contributed by atoms with van der Waals surface area (Å²) in [5.74, 6) is -0.0847. The maximum atomic E-state index is 13.9. The zero-order chi connectivity index (χ0) is 13.2. The lowest BCUT2D eigenvalue weighted by atomic mass is 10.2. The van der Waals surface area contributed by atoms with Crippen molar-refractivity contribution < 1.29 is 14.2 Å². The highest BCUT2D eigenvalue weighted by molar-refractivity contribution is 8.00. The number of carbonyl (C=O) groups is 1. The van der Waals surface area contributed by atoms with E-state index >= 15 is 0 Å². The Bertz CT molecular complexity index is 605. The third-order valence-corrected chi connectivity index (χ3v) is 4.17. The van der Waals surface area contributed by atoms with Crippen LogP contribution in [0.15, 0.2) is 48.7 Å². The third kappa shape index (κ3) is 2.21. The summed E-state index contributed by atoms with van der Waals surface area (Å²) in [6, 6.07) is 12.0. The van der Waals surface area contributed by atoms with Crippen molar-refractivity contribution >= 4 is 23.4 Å². The van der Waals surface area contributed by atoms with Gasteiger partial charge in [-0.3, -0.25) is 9.69 Å². The number of halogens is 1. The van der Waals surface area contributed by atoms with Crippen LogP contribution in [0, 0.1) is 5.82 Å². The first kappa shape index (κ1) is 12.2. The molecule has 19 heavy (non-hydrogen) atoms. The molecule has 0 aliphatic carbocycles. The number of benzene rings is 1. The average molecular weight is 275 g/mol. The molecule has 0 radical (unpaired) electrons. The number of H-pyrrole nitrogens is 1. The Morgan fingerprint density at radius 1 is 1.21 bits per heavy atom. The number of rotatable bonds is 2. The molecule has 0 saturated carbocycles. The molecule has 0 bridgehead atoms. The van der Waals surface area contributed by atoms with Gasteiger partial charge in [0.05, 0.1) is 11.4 Å². The van der Waals surface area contributed by atoms with Gasteiger partial charge in [0.2, 0.25) is 11.6 Å². The quantitative estimate of drug-likeness (QED) is 0.843. The molecule has 1 unspecified atom stereocenters. The van der Waals surface area contributed by atoms with Gasteiger partial charge in [0.25, 0.3) is 0 Å². The molecule has 1 N–H and O–H groups in total. The number of carbonyl (C=O) groups excluding carboxylic acids is 1. The molecule has 3 rings (SSSR count). The first-order valence-electron chi connectivity index (χ1n) is 5.92. The summed E-state index contributed by atoms with van der Waals surface area (Å²) in [6.07, 6.45) is 1.80. The lowest BCUT2D eigenvalue weighted by Gasteiger charge is -2.21. The monoisotopic (exact) mass is 275 g/mol. The minimum absolute atomic E-state index is 0.0719. The van der Waals surface area contributed by atoms with Crippen LogP contribution in [0.3, 0.4) is 0 Å². The average Bonchev–Trinajstić information content (AvgIpc) is 2.82. The summed E-state index contributed by atoms with van der Waals surface area (Å²) < 4.78 is 13.9. The topological polar surface area (TPSA) is 34.5 Å². The van der Waals surface area contributed by atoms with Gasteiger partial charge in [0.15, 0.2) is 11.6 Å². The normalized spacial score (nSPS) is 18.9. The first-order chi connectivity index (χ1) is 9.27. The SMILES string of the molecule is O=C1CSC(c2cccc[nH+]2)N1c1ccccc1F.